The minimum Gasteiger partial charge on any atom is -0.455 e. The highest BCUT2D eigenvalue weighted by molar-refractivity contribution is 6.24. The molecule has 0 fully saturated rings. The molecule has 0 bridgehead atoms. The van der Waals surface area contributed by atoms with Gasteiger partial charge in [0.05, 0.1) is 11.0 Å². The summed E-state index contributed by atoms with van der Waals surface area (Å²) in [5.41, 5.74) is 7.72. The van der Waals surface area contributed by atoms with E-state index < -0.39 is 0 Å². The molecule has 278 valence electrons. The van der Waals surface area contributed by atoms with E-state index in [1.54, 1.807) is 0 Å². The standard InChI is InChI=1S/C55H32N4O/c1-2-15-35(16-3-1)53-56-54(43-24-12-20-33-13-6-9-21-40(33)43)58-55(57-53)46-30-38-19-8-11-23-42(38)52-51(46)44-27-26-39(32-49(44)60-52)59-47-28-25-34-14-7-10-22-41(34)50(47)45-29-36-17-4-5-18-37(36)31-48(45)59/h1-32H. The lowest BCUT2D eigenvalue weighted by molar-refractivity contribution is 0.672. The molecule has 0 aliphatic heterocycles. The molecule has 0 amide bonds. The van der Waals surface area contributed by atoms with Gasteiger partial charge in [-0.2, -0.15) is 0 Å². The Bertz CT molecular complexity index is 3890. The highest BCUT2D eigenvalue weighted by atomic mass is 16.3. The highest BCUT2D eigenvalue weighted by Gasteiger charge is 2.22. The van der Waals surface area contributed by atoms with Crippen molar-refractivity contribution < 1.29 is 4.42 Å². The van der Waals surface area contributed by atoms with Crippen molar-refractivity contribution >= 4 is 86.8 Å². The minimum atomic E-state index is 0.593. The van der Waals surface area contributed by atoms with E-state index in [0.717, 1.165) is 76.9 Å². The lowest BCUT2D eigenvalue weighted by Crippen LogP contribution is -2.01. The molecule has 0 saturated heterocycles. The van der Waals surface area contributed by atoms with Gasteiger partial charge in [-0.25, -0.2) is 15.0 Å². The summed E-state index contributed by atoms with van der Waals surface area (Å²) in [4.78, 5) is 15.7. The van der Waals surface area contributed by atoms with E-state index in [9.17, 15) is 0 Å². The van der Waals surface area contributed by atoms with Crippen molar-refractivity contribution in [2.24, 2.45) is 0 Å². The maximum atomic E-state index is 7.03. The summed E-state index contributed by atoms with van der Waals surface area (Å²) < 4.78 is 9.43. The van der Waals surface area contributed by atoms with Crippen molar-refractivity contribution in [2.45, 2.75) is 0 Å². The maximum Gasteiger partial charge on any atom is 0.164 e. The van der Waals surface area contributed by atoms with Gasteiger partial charge >= 0.3 is 0 Å². The molecule has 13 aromatic rings. The molecular weight excluding hydrogens is 733 g/mol. The van der Waals surface area contributed by atoms with Gasteiger partial charge in [0.2, 0.25) is 0 Å². The molecule has 3 aromatic heterocycles. The summed E-state index contributed by atoms with van der Waals surface area (Å²) >= 11 is 0. The van der Waals surface area contributed by atoms with E-state index in [0.29, 0.717) is 17.5 Å². The van der Waals surface area contributed by atoms with Crippen LogP contribution in [0.1, 0.15) is 0 Å². The Balaban J connectivity index is 1.09. The maximum absolute atomic E-state index is 7.03. The number of rotatable bonds is 4. The van der Waals surface area contributed by atoms with Gasteiger partial charge < -0.3 is 8.98 Å². The highest BCUT2D eigenvalue weighted by Crippen LogP contribution is 2.44. The van der Waals surface area contributed by atoms with Crippen molar-refractivity contribution in [1.29, 1.82) is 0 Å². The van der Waals surface area contributed by atoms with Gasteiger partial charge in [-0.1, -0.05) is 152 Å². The van der Waals surface area contributed by atoms with Gasteiger partial charge in [0.15, 0.2) is 17.5 Å². The van der Waals surface area contributed by atoms with Crippen LogP contribution in [0.3, 0.4) is 0 Å². The Morgan fingerprint density at radius 2 is 0.983 bits per heavy atom. The Kier molecular flexibility index (Phi) is 6.95. The second kappa shape index (κ2) is 12.7. The molecule has 0 saturated carbocycles. The van der Waals surface area contributed by atoms with Crippen LogP contribution >= 0.6 is 0 Å². The fourth-order valence-corrected chi connectivity index (χ4v) is 9.42. The predicted molar refractivity (Wildman–Crippen MR) is 248 cm³/mol. The van der Waals surface area contributed by atoms with Crippen molar-refractivity contribution in [3.05, 3.63) is 194 Å². The molecule has 3 heterocycles. The lowest BCUT2D eigenvalue weighted by atomic mass is 9.99. The second-order valence-electron chi connectivity index (χ2n) is 15.6. The van der Waals surface area contributed by atoms with E-state index in [4.69, 9.17) is 19.4 Å². The largest absolute Gasteiger partial charge is 0.455 e. The van der Waals surface area contributed by atoms with E-state index in [1.165, 1.54) is 32.3 Å². The first-order valence-corrected chi connectivity index (χ1v) is 20.3. The van der Waals surface area contributed by atoms with Gasteiger partial charge in [0.1, 0.15) is 11.2 Å². The van der Waals surface area contributed by atoms with Crippen molar-refractivity contribution in [2.75, 3.05) is 0 Å². The zero-order valence-corrected chi connectivity index (χ0v) is 32.2. The molecule has 60 heavy (non-hydrogen) atoms. The molecule has 0 atom stereocenters. The molecule has 0 aliphatic carbocycles. The fourth-order valence-electron chi connectivity index (χ4n) is 9.42. The van der Waals surface area contributed by atoms with Gasteiger partial charge in [-0.3, -0.25) is 0 Å². The van der Waals surface area contributed by atoms with Crippen LogP contribution in [0.4, 0.5) is 0 Å². The van der Waals surface area contributed by atoms with Crippen molar-refractivity contribution in [3.8, 4) is 39.9 Å². The van der Waals surface area contributed by atoms with Crippen LogP contribution < -0.4 is 0 Å². The van der Waals surface area contributed by atoms with E-state index in [2.05, 4.69) is 180 Å². The summed E-state index contributed by atoms with van der Waals surface area (Å²) in [7, 11) is 0. The lowest BCUT2D eigenvalue weighted by Gasteiger charge is -2.12. The smallest absolute Gasteiger partial charge is 0.164 e. The molecule has 5 heteroatoms. The fraction of sp³-hybridized carbons (Fsp3) is 0. The van der Waals surface area contributed by atoms with Crippen molar-refractivity contribution in [1.82, 2.24) is 19.5 Å². The topological polar surface area (TPSA) is 56.7 Å². The molecule has 0 N–H and O–H groups in total. The van der Waals surface area contributed by atoms with E-state index in [1.807, 2.05) is 18.2 Å². The number of hydrogen-bond acceptors (Lipinski definition) is 4. The van der Waals surface area contributed by atoms with Crippen molar-refractivity contribution in [3.63, 3.8) is 0 Å². The van der Waals surface area contributed by atoms with Gasteiger partial charge in [-0.15, -0.1) is 0 Å². The van der Waals surface area contributed by atoms with Gasteiger partial charge in [0, 0.05) is 55.4 Å². The molecular formula is C55H32N4O. The zero-order chi connectivity index (χ0) is 39.3. The third-order valence-corrected chi connectivity index (χ3v) is 12.2. The number of fused-ring (bicyclic) bond motifs is 12. The van der Waals surface area contributed by atoms with Crippen LogP contribution in [0, 0.1) is 0 Å². The number of nitrogens with zero attached hydrogens (tertiary/aromatic N) is 4. The summed E-state index contributed by atoms with van der Waals surface area (Å²) in [6.07, 6.45) is 0. The van der Waals surface area contributed by atoms with E-state index in [-0.39, 0.29) is 0 Å². The molecule has 13 rings (SSSR count). The van der Waals surface area contributed by atoms with Crippen LogP contribution in [-0.4, -0.2) is 19.5 Å². The van der Waals surface area contributed by atoms with Crippen LogP contribution in [0.2, 0.25) is 0 Å². The third kappa shape index (κ3) is 4.90. The predicted octanol–water partition coefficient (Wildman–Crippen LogP) is 14.5. The molecule has 10 aromatic carbocycles. The monoisotopic (exact) mass is 764 g/mol. The Morgan fingerprint density at radius 3 is 1.80 bits per heavy atom. The quantitative estimate of drug-likeness (QED) is 0.179. The summed E-state index contributed by atoms with van der Waals surface area (Å²) in [5.74, 6) is 1.83. The first-order chi connectivity index (χ1) is 29.7. The molecule has 0 spiro atoms. The second-order valence-corrected chi connectivity index (χ2v) is 15.6. The average Bonchev–Trinajstić information content (AvgIpc) is 3.86. The molecule has 0 unspecified atom stereocenters. The third-order valence-electron chi connectivity index (χ3n) is 12.2. The Morgan fingerprint density at radius 1 is 0.350 bits per heavy atom. The van der Waals surface area contributed by atoms with Gasteiger partial charge in [-0.05, 0) is 74.1 Å². The van der Waals surface area contributed by atoms with Gasteiger partial charge in [0.25, 0.3) is 0 Å². The summed E-state index contributed by atoms with van der Waals surface area (Å²) in [6.45, 7) is 0. The zero-order valence-electron chi connectivity index (χ0n) is 32.2. The van der Waals surface area contributed by atoms with Crippen LogP contribution in [0.15, 0.2) is 199 Å². The Hall–Kier alpha value is -8.15. The van der Waals surface area contributed by atoms with Crippen LogP contribution in [0.5, 0.6) is 0 Å². The number of furan rings is 1. The minimum absolute atomic E-state index is 0.593. The van der Waals surface area contributed by atoms with Crippen LogP contribution in [0.25, 0.3) is 127 Å². The first kappa shape index (κ1) is 32.9. The summed E-state index contributed by atoms with van der Waals surface area (Å²) in [5, 5.41) is 13.7. The van der Waals surface area contributed by atoms with E-state index >= 15 is 0 Å². The summed E-state index contributed by atoms with van der Waals surface area (Å²) in [6, 6.07) is 68.6. The average molecular weight is 765 g/mol. The molecule has 0 aliphatic rings. The number of aromatic nitrogens is 4. The molecule has 5 nitrogen and oxygen atoms in total. The Labute approximate surface area is 343 Å². The number of hydrogen-bond donors (Lipinski definition) is 0. The first-order valence-electron chi connectivity index (χ1n) is 20.3. The van der Waals surface area contributed by atoms with Crippen LogP contribution in [-0.2, 0) is 0 Å². The molecule has 0 radical (unpaired) electrons. The normalized spacial score (nSPS) is 12.0. The SMILES string of the molecule is c1ccc(-c2nc(-c3cccc4ccccc34)nc(-c3cc4ccccc4c4oc5cc(-n6c7cc8ccccc8cc7c7c8ccccc8ccc76)ccc5c34)n2)cc1. The number of benzene rings is 10.